The molecule has 0 unspecified atom stereocenters. The van der Waals surface area contributed by atoms with Gasteiger partial charge in [0.05, 0.1) is 19.1 Å². The predicted octanol–water partition coefficient (Wildman–Crippen LogP) is 0.511. The van der Waals surface area contributed by atoms with Crippen LogP contribution in [-0.2, 0) is 11.2 Å². The van der Waals surface area contributed by atoms with Gasteiger partial charge in [-0.25, -0.2) is 0 Å². The van der Waals surface area contributed by atoms with E-state index >= 15 is 0 Å². The van der Waals surface area contributed by atoms with Crippen molar-refractivity contribution in [2.24, 2.45) is 0 Å². The van der Waals surface area contributed by atoms with E-state index in [1.807, 2.05) is 13.0 Å². The minimum absolute atomic E-state index is 0.0186. The standard InChI is InChI=1S/C11H16N2O2/c1-2-10(8-14)13-11(15)6-9-4-3-5-12-7-9/h3-5,7,10,14H,2,6,8H2,1H3,(H,13,15)/t10-/m1/s1. The summed E-state index contributed by atoms with van der Waals surface area (Å²) in [5, 5.41) is 11.7. The molecule has 2 N–H and O–H groups in total. The maximum absolute atomic E-state index is 11.5. The number of aliphatic hydroxyl groups is 1. The van der Waals surface area contributed by atoms with E-state index in [0.717, 1.165) is 12.0 Å². The number of rotatable bonds is 5. The van der Waals surface area contributed by atoms with Crippen LogP contribution in [0.4, 0.5) is 0 Å². The summed E-state index contributed by atoms with van der Waals surface area (Å²) in [7, 11) is 0. The van der Waals surface area contributed by atoms with Gasteiger partial charge in [0.25, 0.3) is 0 Å². The van der Waals surface area contributed by atoms with Gasteiger partial charge in [0.2, 0.25) is 5.91 Å². The molecule has 0 spiro atoms. The number of nitrogens with one attached hydrogen (secondary N) is 1. The molecule has 0 saturated heterocycles. The third-order valence-electron chi connectivity index (χ3n) is 2.17. The number of carbonyl (C=O) groups excluding carboxylic acids is 1. The first-order valence-electron chi connectivity index (χ1n) is 5.05. The number of pyridine rings is 1. The zero-order chi connectivity index (χ0) is 11.1. The Balaban J connectivity index is 2.43. The summed E-state index contributed by atoms with van der Waals surface area (Å²) in [4.78, 5) is 15.4. The highest BCUT2D eigenvalue weighted by Crippen LogP contribution is 1.98. The summed E-state index contributed by atoms with van der Waals surface area (Å²) in [6.07, 6.45) is 4.38. The third kappa shape index (κ3) is 4.08. The first-order valence-corrected chi connectivity index (χ1v) is 5.05. The lowest BCUT2D eigenvalue weighted by molar-refractivity contribution is -0.121. The average Bonchev–Trinajstić information content (AvgIpc) is 2.27. The van der Waals surface area contributed by atoms with E-state index in [9.17, 15) is 4.79 Å². The van der Waals surface area contributed by atoms with E-state index in [1.54, 1.807) is 18.5 Å². The SMILES string of the molecule is CC[C@H](CO)NC(=O)Cc1cccnc1. The lowest BCUT2D eigenvalue weighted by Gasteiger charge is -2.13. The van der Waals surface area contributed by atoms with Gasteiger partial charge in [0, 0.05) is 12.4 Å². The molecule has 4 heteroatoms. The summed E-state index contributed by atoms with van der Waals surface area (Å²) in [5.74, 6) is -0.0797. The zero-order valence-corrected chi connectivity index (χ0v) is 8.81. The fourth-order valence-electron chi connectivity index (χ4n) is 1.24. The van der Waals surface area contributed by atoms with Crippen molar-refractivity contribution in [2.45, 2.75) is 25.8 Å². The molecule has 1 rings (SSSR count). The lowest BCUT2D eigenvalue weighted by atomic mass is 10.2. The van der Waals surface area contributed by atoms with Crippen molar-refractivity contribution >= 4 is 5.91 Å². The molecule has 0 aliphatic carbocycles. The molecule has 0 aliphatic rings. The highest BCUT2D eigenvalue weighted by molar-refractivity contribution is 5.78. The molecule has 1 aromatic rings. The Morgan fingerprint density at radius 1 is 1.67 bits per heavy atom. The fourth-order valence-corrected chi connectivity index (χ4v) is 1.24. The van der Waals surface area contributed by atoms with E-state index < -0.39 is 0 Å². The van der Waals surface area contributed by atoms with Gasteiger partial charge in [0.15, 0.2) is 0 Å². The molecule has 0 radical (unpaired) electrons. The van der Waals surface area contributed by atoms with Crippen LogP contribution in [0.1, 0.15) is 18.9 Å². The quantitative estimate of drug-likeness (QED) is 0.741. The Morgan fingerprint density at radius 2 is 2.47 bits per heavy atom. The second-order valence-electron chi connectivity index (χ2n) is 3.39. The Kier molecular flexibility index (Phi) is 4.77. The van der Waals surface area contributed by atoms with Crippen LogP contribution in [-0.4, -0.2) is 28.6 Å². The molecular weight excluding hydrogens is 192 g/mol. The van der Waals surface area contributed by atoms with Crippen molar-refractivity contribution in [2.75, 3.05) is 6.61 Å². The highest BCUT2D eigenvalue weighted by Gasteiger charge is 2.09. The van der Waals surface area contributed by atoms with Gasteiger partial charge in [-0.05, 0) is 18.1 Å². The first-order chi connectivity index (χ1) is 7.26. The zero-order valence-electron chi connectivity index (χ0n) is 8.81. The average molecular weight is 208 g/mol. The molecule has 1 amide bonds. The van der Waals surface area contributed by atoms with Crippen molar-refractivity contribution in [3.8, 4) is 0 Å². The number of hydrogen-bond donors (Lipinski definition) is 2. The lowest BCUT2D eigenvalue weighted by Crippen LogP contribution is -2.37. The topological polar surface area (TPSA) is 62.2 Å². The van der Waals surface area contributed by atoms with Crippen LogP contribution in [0, 0.1) is 0 Å². The molecule has 4 nitrogen and oxygen atoms in total. The highest BCUT2D eigenvalue weighted by atomic mass is 16.3. The van der Waals surface area contributed by atoms with Gasteiger partial charge in [-0.2, -0.15) is 0 Å². The summed E-state index contributed by atoms with van der Waals surface area (Å²) < 4.78 is 0. The Morgan fingerprint density at radius 3 is 3.00 bits per heavy atom. The van der Waals surface area contributed by atoms with Crippen LogP contribution in [0.5, 0.6) is 0 Å². The number of carbonyl (C=O) groups is 1. The third-order valence-corrected chi connectivity index (χ3v) is 2.17. The molecule has 1 aromatic heterocycles. The monoisotopic (exact) mass is 208 g/mol. The van der Waals surface area contributed by atoms with Crippen LogP contribution in [0.3, 0.4) is 0 Å². The number of nitrogens with zero attached hydrogens (tertiary/aromatic N) is 1. The molecule has 0 saturated carbocycles. The Bertz CT molecular complexity index is 297. The normalized spacial score (nSPS) is 12.1. The van der Waals surface area contributed by atoms with Gasteiger partial charge in [-0.3, -0.25) is 9.78 Å². The Labute approximate surface area is 89.3 Å². The van der Waals surface area contributed by atoms with E-state index in [1.165, 1.54) is 0 Å². The number of amides is 1. The number of hydrogen-bond acceptors (Lipinski definition) is 3. The van der Waals surface area contributed by atoms with Crippen LogP contribution < -0.4 is 5.32 Å². The van der Waals surface area contributed by atoms with Crippen molar-refractivity contribution in [1.29, 1.82) is 0 Å². The Hall–Kier alpha value is -1.42. The summed E-state index contributed by atoms with van der Waals surface area (Å²) in [6.45, 7) is 1.90. The summed E-state index contributed by atoms with van der Waals surface area (Å²) in [5.41, 5.74) is 0.878. The number of aromatic nitrogens is 1. The molecule has 0 aliphatic heterocycles. The smallest absolute Gasteiger partial charge is 0.224 e. The second kappa shape index (κ2) is 6.14. The summed E-state index contributed by atoms with van der Waals surface area (Å²) in [6, 6.07) is 3.51. The molecule has 0 aromatic carbocycles. The number of aliphatic hydroxyl groups excluding tert-OH is 1. The largest absolute Gasteiger partial charge is 0.394 e. The first kappa shape index (κ1) is 11.7. The van der Waals surface area contributed by atoms with Crippen molar-refractivity contribution in [3.63, 3.8) is 0 Å². The maximum Gasteiger partial charge on any atom is 0.224 e. The van der Waals surface area contributed by atoms with E-state index in [2.05, 4.69) is 10.3 Å². The molecule has 0 fully saturated rings. The van der Waals surface area contributed by atoms with E-state index in [4.69, 9.17) is 5.11 Å². The molecule has 1 heterocycles. The van der Waals surface area contributed by atoms with Gasteiger partial charge < -0.3 is 10.4 Å². The minimum Gasteiger partial charge on any atom is -0.394 e. The maximum atomic E-state index is 11.5. The van der Waals surface area contributed by atoms with Gasteiger partial charge >= 0.3 is 0 Å². The van der Waals surface area contributed by atoms with Crippen LogP contribution in [0.2, 0.25) is 0 Å². The molecular formula is C11H16N2O2. The van der Waals surface area contributed by atoms with Crippen LogP contribution in [0.15, 0.2) is 24.5 Å². The predicted molar refractivity (Wildman–Crippen MR) is 57.2 cm³/mol. The van der Waals surface area contributed by atoms with Gasteiger partial charge in [-0.1, -0.05) is 13.0 Å². The van der Waals surface area contributed by atoms with Gasteiger partial charge in [0.1, 0.15) is 0 Å². The van der Waals surface area contributed by atoms with Crippen molar-refractivity contribution in [3.05, 3.63) is 30.1 Å². The molecule has 15 heavy (non-hydrogen) atoms. The van der Waals surface area contributed by atoms with E-state index in [0.29, 0.717) is 6.42 Å². The minimum atomic E-state index is -0.144. The van der Waals surface area contributed by atoms with Gasteiger partial charge in [-0.15, -0.1) is 0 Å². The molecule has 0 bridgehead atoms. The van der Waals surface area contributed by atoms with Crippen molar-refractivity contribution < 1.29 is 9.90 Å². The van der Waals surface area contributed by atoms with Crippen LogP contribution in [0.25, 0.3) is 0 Å². The van der Waals surface area contributed by atoms with Crippen LogP contribution >= 0.6 is 0 Å². The fraction of sp³-hybridized carbons (Fsp3) is 0.455. The van der Waals surface area contributed by atoms with Crippen molar-refractivity contribution in [1.82, 2.24) is 10.3 Å². The molecule has 82 valence electrons. The summed E-state index contributed by atoms with van der Waals surface area (Å²) >= 11 is 0. The second-order valence-corrected chi connectivity index (χ2v) is 3.39. The van der Waals surface area contributed by atoms with E-state index in [-0.39, 0.29) is 18.6 Å². The molecule has 1 atom stereocenters.